The first-order chi connectivity index (χ1) is 11.3. The number of nitrogens with one attached hydrogen (secondary N) is 1. The second kappa shape index (κ2) is 8.52. The number of amides is 1. The molecule has 1 saturated carbocycles. The summed E-state index contributed by atoms with van der Waals surface area (Å²) < 4.78 is 6.65. The van der Waals surface area contributed by atoms with E-state index in [9.17, 15) is 9.90 Å². The maximum Gasteiger partial charge on any atom is 0.407 e. The molecule has 1 aromatic rings. The van der Waals surface area contributed by atoms with E-state index in [1.54, 1.807) is 6.92 Å². The molecule has 134 valence electrons. The molecule has 0 heterocycles. The zero-order valence-electron chi connectivity index (χ0n) is 14.7. The third-order valence-electron chi connectivity index (χ3n) is 4.74. The van der Waals surface area contributed by atoms with Crippen molar-refractivity contribution >= 4 is 28.7 Å². The molecule has 2 rings (SSSR count). The number of hydrogen-bond donors (Lipinski definition) is 2. The van der Waals surface area contributed by atoms with Gasteiger partial charge in [0.25, 0.3) is 0 Å². The summed E-state index contributed by atoms with van der Waals surface area (Å²) in [5, 5.41) is 14.1. The predicted octanol–water partition coefficient (Wildman–Crippen LogP) is 4.58. The summed E-state index contributed by atoms with van der Waals surface area (Å²) in [6.07, 6.45) is 4.52. The van der Waals surface area contributed by atoms with Crippen LogP contribution < -0.4 is 5.32 Å². The molecule has 1 aliphatic rings. The Morgan fingerprint density at radius 2 is 1.92 bits per heavy atom. The lowest BCUT2D eigenvalue weighted by Gasteiger charge is -2.36. The summed E-state index contributed by atoms with van der Waals surface area (Å²) in [6, 6.07) is 7.86. The molecular weight excluding hydrogens is 417 g/mol. The van der Waals surface area contributed by atoms with Crippen LogP contribution in [0.15, 0.2) is 24.3 Å². The number of ether oxygens (including phenoxy) is 1. The highest BCUT2D eigenvalue weighted by atomic mass is 127. The Bertz CT molecular complexity index is 553. The quantitative estimate of drug-likeness (QED) is 0.653. The molecule has 0 saturated heterocycles. The lowest BCUT2D eigenvalue weighted by atomic mass is 9.84. The Hall–Kier alpha value is -0.820. The SMILES string of the molecule is CC(C)[C@H](OC(=O)NC1CCCCC1)C(C)(O)c1ccccc1I. The van der Waals surface area contributed by atoms with E-state index in [1.165, 1.54) is 6.42 Å². The Balaban J connectivity index is 2.10. The summed E-state index contributed by atoms with van der Waals surface area (Å²) in [4.78, 5) is 12.3. The van der Waals surface area contributed by atoms with Gasteiger partial charge in [-0.1, -0.05) is 51.3 Å². The zero-order valence-corrected chi connectivity index (χ0v) is 16.9. The molecule has 5 heteroatoms. The van der Waals surface area contributed by atoms with Crippen LogP contribution in [0.4, 0.5) is 4.79 Å². The first-order valence-electron chi connectivity index (χ1n) is 8.77. The Labute approximate surface area is 158 Å². The van der Waals surface area contributed by atoms with Crippen LogP contribution in [0.1, 0.15) is 58.4 Å². The molecule has 2 N–H and O–H groups in total. The smallest absolute Gasteiger partial charge is 0.407 e. The van der Waals surface area contributed by atoms with Crippen LogP contribution in [-0.2, 0) is 10.3 Å². The van der Waals surface area contributed by atoms with Crippen molar-refractivity contribution in [1.82, 2.24) is 5.32 Å². The summed E-state index contributed by atoms with van der Waals surface area (Å²) in [5.74, 6) is -0.00638. The fraction of sp³-hybridized carbons (Fsp3) is 0.632. The van der Waals surface area contributed by atoms with Crippen LogP contribution in [0.25, 0.3) is 0 Å². The van der Waals surface area contributed by atoms with Gasteiger partial charge in [-0.25, -0.2) is 4.79 Å². The van der Waals surface area contributed by atoms with E-state index in [0.29, 0.717) is 0 Å². The minimum atomic E-state index is -1.24. The Morgan fingerprint density at radius 1 is 1.29 bits per heavy atom. The lowest BCUT2D eigenvalue weighted by molar-refractivity contribution is -0.0933. The average Bonchev–Trinajstić information content (AvgIpc) is 2.53. The molecule has 4 nitrogen and oxygen atoms in total. The number of aliphatic hydroxyl groups is 1. The Morgan fingerprint density at radius 3 is 2.50 bits per heavy atom. The maximum absolute atomic E-state index is 12.3. The minimum absolute atomic E-state index is 0.00638. The van der Waals surface area contributed by atoms with Crippen LogP contribution in [-0.4, -0.2) is 23.3 Å². The van der Waals surface area contributed by atoms with Gasteiger partial charge in [0.2, 0.25) is 0 Å². The molecule has 0 aliphatic heterocycles. The van der Waals surface area contributed by atoms with Crippen molar-refractivity contribution in [2.24, 2.45) is 5.92 Å². The fourth-order valence-corrected chi connectivity index (χ4v) is 4.42. The van der Waals surface area contributed by atoms with Gasteiger partial charge in [0.1, 0.15) is 11.7 Å². The van der Waals surface area contributed by atoms with Crippen molar-refractivity contribution in [2.75, 3.05) is 0 Å². The van der Waals surface area contributed by atoms with Crippen molar-refractivity contribution in [3.05, 3.63) is 33.4 Å². The number of halogens is 1. The van der Waals surface area contributed by atoms with E-state index in [-0.39, 0.29) is 12.0 Å². The van der Waals surface area contributed by atoms with Gasteiger partial charge >= 0.3 is 6.09 Å². The van der Waals surface area contributed by atoms with E-state index in [1.807, 2.05) is 38.1 Å². The maximum atomic E-state index is 12.3. The van der Waals surface area contributed by atoms with Crippen LogP contribution in [0, 0.1) is 9.49 Å². The molecule has 0 aromatic heterocycles. The van der Waals surface area contributed by atoms with Crippen molar-refractivity contribution in [3.8, 4) is 0 Å². The fourth-order valence-electron chi connectivity index (χ4n) is 3.49. The van der Waals surface area contributed by atoms with Crippen molar-refractivity contribution in [3.63, 3.8) is 0 Å². The van der Waals surface area contributed by atoms with Crippen molar-refractivity contribution < 1.29 is 14.6 Å². The third-order valence-corrected chi connectivity index (χ3v) is 5.68. The molecular formula is C19H28INO3. The van der Waals surface area contributed by atoms with Crippen LogP contribution in [0.5, 0.6) is 0 Å². The van der Waals surface area contributed by atoms with Gasteiger partial charge < -0.3 is 15.2 Å². The standard InChI is InChI=1S/C19H28INO3/c1-13(2)17(19(3,23)15-11-7-8-12-16(15)20)24-18(22)21-14-9-5-4-6-10-14/h7-8,11-14,17,23H,4-6,9-10H2,1-3H3,(H,21,22)/t17-,19?/m0/s1. The lowest BCUT2D eigenvalue weighted by Crippen LogP contribution is -2.47. The molecule has 0 spiro atoms. The number of benzene rings is 1. The normalized spacial score (nSPS) is 19.6. The second-order valence-corrected chi connectivity index (χ2v) is 8.34. The van der Waals surface area contributed by atoms with Gasteiger partial charge in [0.15, 0.2) is 0 Å². The van der Waals surface area contributed by atoms with E-state index < -0.39 is 17.8 Å². The molecule has 0 radical (unpaired) electrons. The van der Waals surface area contributed by atoms with E-state index in [4.69, 9.17) is 4.74 Å². The minimum Gasteiger partial charge on any atom is -0.443 e. The van der Waals surface area contributed by atoms with Crippen LogP contribution >= 0.6 is 22.6 Å². The van der Waals surface area contributed by atoms with Crippen molar-refractivity contribution in [2.45, 2.75) is 70.6 Å². The van der Waals surface area contributed by atoms with Gasteiger partial charge in [-0.3, -0.25) is 0 Å². The first kappa shape index (κ1) is 19.5. The summed E-state index contributed by atoms with van der Waals surface area (Å²) in [6.45, 7) is 5.65. The van der Waals surface area contributed by atoms with Crippen LogP contribution in [0.2, 0.25) is 0 Å². The number of alkyl carbamates (subject to hydrolysis) is 1. The number of rotatable bonds is 5. The number of hydrogen-bond acceptors (Lipinski definition) is 3. The third kappa shape index (κ3) is 4.85. The zero-order chi connectivity index (χ0) is 17.7. The first-order valence-corrected chi connectivity index (χ1v) is 9.84. The molecule has 1 aliphatic carbocycles. The molecule has 2 atom stereocenters. The highest BCUT2D eigenvalue weighted by molar-refractivity contribution is 14.1. The molecule has 1 fully saturated rings. The summed E-state index contributed by atoms with van der Waals surface area (Å²) >= 11 is 2.20. The van der Waals surface area contributed by atoms with Gasteiger partial charge in [-0.15, -0.1) is 0 Å². The Kier molecular flexibility index (Phi) is 6.92. The van der Waals surface area contributed by atoms with E-state index in [0.717, 1.165) is 34.8 Å². The second-order valence-electron chi connectivity index (χ2n) is 7.18. The van der Waals surface area contributed by atoms with Gasteiger partial charge in [-0.2, -0.15) is 0 Å². The highest BCUT2D eigenvalue weighted by Gasteiger charge is 2.40. The molecule has 0 bridgehead atoms. The van der Waals surface area contributed by atoms with Gasteiger partial charge in [0.05, 0.1) is 0 Å². The molecule has 1 unspecified atom stereocenters. The molecule has 24 heavy (non-hydrogen) atoms. The predicted molar refractivity (Wildman–Crippen MR) is 104 cm³/mol. The topological polar surface area (TPSA) is 58.6 Å². The van der Waals surface area contributed by atoms with Gasteiger partial charge in [-0.05, 0) is 54.3 Å². The van der Waals surface area contributed by atoms with Gasteiger partial charge in [0, 0.05) is 15.2 Å². The number of carbonyl (C=O) groups is 1. The van der Waals surface area contributed by atoms with E-state index >= 15 is 0 Å². The largest absolute Gasteiger partial charge is 0.443 e. The highest BCUT2D eigenvalue weighted by Crippen LogP contribution is 2.34. The van der Waals surface area contributed by atoms with Crippen LogP contribution in [0.3, 0.4) is 0 Å². The summed E-state index contributed by atoms with van der Waals surface area (Å²) in [7, 11) is 0. The average molecular weight is 445 g/mol. The van der Waals surface area contributed by atoms with Crippen molar-refractivity contribution in [1.29, 1.82) is 0 Å². The monoisotopic (exact) mass is 445 g/mol. The number of carbonyl (C=O) groups excluding carboxylic acids is 1. The molecule has 1 aromatic carbocycles. The molecule has 1 amide bonds. The van der Waals surface area contributed by atoms with E-state index in [2.05, 4.69) is 27.9 Å². The summed E-state index contributed by atoms with van der Waals surface area (Å²) in [5.41, 5.74) is -0.453.